The van der Waals surface area contributed by atoms with Gasteiger partial charge in [-0.2, -0.15) is 0 Å². The Bertz CT molecular complexity index is 1040. The molecule has 3 aromatic rings. The highest BCUT2D eigenvalue weighted by atomic mass is 32.1. The lowest BCUT2D eigenvalue weighted by Crippen LogP contribution is -2.39. The average molecular weight is 407 g/mol. The number of nitrogens with zero attached hydrogens (tertiary/aromatic N) is 1. The van der Waals surface area contributed by atoms with Gasteiger partial charge < -0.3 is 10.1 Å². The van der Waals surface area contributed by atoms with Crippen molar-refractivity contribution < 1.29 is 14.3 Å². The molecule has 1 aromatic heterocycles. The molecule has 29 heavy (non-hydrogen) atoms. The SMILES string of the molecule is CC(OC(=O)/C=C/c1nc2ccccc2s1)C(=O)NC1CCCc2ccccc21. The van der Waals surface area contributed by atoms with Crippen LogP contribution in [0.25, 0.3) is 16.3 Å². The molecule has 0 saturated heterocycles. The molecule has 1 amide bonds. The van der Waals surface area contributed by atoms with Gasteiger partial charge in [-0.05, 0) is 55.5 Å². The minimum atomic E-state index is -0.864. The zero-order chi connectivity index (χ0) is 20.2. The quantitative estimate of drug-likeness (QED) is 0.503. The van der Waals surface area contributed by atoms with E-state index in [9.17, 15) is 9.59 Å². The lowest BCUT2D eigenvalue weighted by molar-refractivity contribution is -0.150. The first-order valence-electron chi connectivity index (χ1n) is 9.72. The van der Waals surface area contributed by atoms with Crippen molar-refractivity contribution >= 4 is 39.5 Å². The highest BCUT2D eigenvalue weighted by Crippen LogP contribution is 2.29. The number of nitrogens with one attached hydrogen (secondary N) is 1. The molecule has 0 fully saturated rings. The van der Waals surface area contributed by atoms with Crippen molar-refractivity contribution in [2.45, 2.75) is 38.3 Å². The molecule has 0 spiro atoms. The topological polar surface area (TPSA) is 68.3 Å². The first kappa shape index (κ1) is 19.3. The Balaban J connectivity index is 1.34. The third-order valence-electron chi connectivity index (χ3n) is 5.02. The Morgan fingerprint density at radius 1 is 1.21 bits per heavy atom. The molecule has 1 N–H and O–H groups in total. The minimum absolute atomic E-state index is 0.0353. The maximum Gasteiger partial charge on any atom is 0.331 e. The van der Waals surface area contributed by atoms with Crippen LogP contribution in [0.4, 0.5) is 0 Å². The number of thiazole rings is 1. The smallest absolute Gasteiger partial charge is 0.331 e. The van der Waals surface area contributed by atoms with Gasteiger partial charge in [0, 0.05) is 6.08 Å². The highest BCUT2D eigenvalue weighted by Gasteiger charge is 2.24. The van der Waals surface area contributed by atoms with Gasteiger partial charge in [0.05, 0.1) is 16.3 Å². The van der Waals surface area contributed by atoms with Crippen LogP contribution in [-0.2, 0) is 20.7 Å². The second-order valence-electron chi connectivity index (χ2n) is 7.08. The van der Waals surface area contributed by atoms with Crippen molar-refractivity contribution in [2.24, 2.45) is 0 Å². The monoisotopic (exact) mass is 406 g/mol. The van der Waals surface area contributed by atoms with Crippen LogP contribution in [0.1, 0.15) is 41.9 Å². The third-order valence-corrected chi connectivity index (χ3v) is 6.02. The number of carbonyl (C=O) groups excluding carboxylic acids is 2. The van der Waals surface area contributed by atoms with Crippen LogP contribution in [0.3, 0.4) is 0 Å². The fourth-order valence-electron chi connectivity index (χ4n) is 3.56. The summed E-state index contributed by atoms with van der Waals surface area (Å²) in [5, 5.41) is 3.74. The van der Waals surface area contributed by atoms with Crippen LogP contribution in [0.2, 0.25) is 0 Å². The van der Waals surface area contributed by atoms with E-state index < -0.39 is 12.1 Å². The van der Waals surface area contributed by atoms with Crippen molar-refractivity contribution in [3.05, 3.63) is 70.7 Å². The normalized spacial score (nSPS) is 17.1. The molecule has 148 valence electrons. The van der Waals surface area contributed by atoms with E-state index in [1.54, 1.807) is 13.0 Å². The van der Waals surface area contributed by atoms with E-state index in [0.29, 0.717) is 0 Å². The molecule has 4 rings (SSSR count). The fourth-order valence-corrected chi connectivity index (χ4v) is 4.43. The molecule has 5 nitrogen and oxygen atoms in total. The highest BCUT2D eigenvalue weighted by molar-refractivity contribution is 7.19. The second kappa shape index (κ2) is 8.57. The summed E-state index contributed by atoms with van der Waals surface area (Å²) in [6.07, 6.45) is 5.02. The maximum absolute atomic E-state index is 12.5. The summed E-state index contributed by atoms with van der Waals surface area (Å²) in [5.41, 5.74) is 3.32. The van der Waals surface area contributed by atoms with Gasteiger partial charge in [0.15, 0.2) is 6.10 Å². The lowest BCUT2D eigenvalue weighted by atomic mass is 9.87. The molecule has 0 saturated carbocycles. The molecule has 0 radical (unpaired) electrons. The van der Waals surface area contributed by atoms with Gasteiger partial charge in [0.25, 0.3) is 5.91 Å². The Morgan fingerprint density at radius 2 is 2.00 bits per heavy atom. The largest absolute Gasteiger partial charge is 0.449 e. The molecule has 1 aliphatic rings. The molecule has 2 atom stereocenters. The van der Waals surface area contributed by atoms with Crippen molar-refractivity contribution in [3.8, 4) is 0 Å². The molecule has 6 heteroatoms. The molecule has 2 unspecified atom stereocenters. The summed E-state index contributed by atoms with van der Waals surface area (Å²) < 4.78 is 6.33. The zero-order valence-corrected chi connectivity index (χ0v) is 16.9. The standard InChI is InChI=1S/C23H22N2O3S/c1-15(23(27)25-18-11-6-8-16-7-2-3-9-17(16)18)28-22(26)14-13-21-24-19-10-4-5-12-20(19)29-21/h2-5,7,9-10,12-15,18H,6,8,11H2,1H3,(H,25,27)/b14-13+. The number of benzene rings is 2. The number of hydrogen-bond donors (Lipinski definition) is 1. The van der Waals surface area contributed by atoms with Crippen molar-refractivity contribution in [1.29, 1.82) is 0 Å². The Labute approximate surface area is 173 Å². The van der Waals surface area contributed by atoms with E-state index in [0.717, 1.165) is 40.1 Å². The van der Waals surface area contributed by atoms with Crippen molar-refractivity contribution in [1.82, 2.24) is 10.3 Å². The van der Waals surface area contributed by atoms with Gasteiger partial charge in [-0.25, -0.2) is 9.78 Å². The first-order valence-corrected chi connectivity index (χ1v) is 10.5. The molecular formula is C23H22N2O3S. The average Bonchev–Trinajstić information content (AvgIpc) is 3.15. The minimum Gasteiger partial charge on any atom is -0.449 e. The number of esters is 1. The molecule has 2 aromatic carbocycles. The third kappa shape index (κ3) is 4.54. The van der Waals surface area contributed by atoms with Crippen LogP contribution in [0.15, 0.2) is 54.6 Å². The van der Waals surface area contributed by atoms with Crippen LogP contribution in [0, 0.1) is 0 Å². The van der Waals surface area contributed by atoms with Gasteiger partial charge in [-0.3, -0.25) is 4.79 Å². The summed E-state index contributed by atoms with van der Waals surface area (Å²) in [6, 6.07) is 15.9. The second-order valence-corrected chi connectivity index (χ2v) is 8.15. The molecule has 1 aliphatic carbocycles. The van der Waals surface area contributed by atoms with E-state index in [4.69, 9.17) is 4.74 Å². The number of aromatic nitrogens is 1. The van der Waals surface area contributed by atoms with Crippen LogP contribution in [0.5, 0.6) is 0 Å². The Hall–Kier alpha value is -2.99. The van der Waals surface area contributed by atoms with Crippen LogP contribution in [-0.4, -0.2) is 23.0 Å². The van der Waals surface area contributed by atoms with E-state index in [1.807, 2.05) is 36.4 Å². The predicted molar refractivity (Wildman–Crippen MR) is 114 cm³/mol. The summed E-state index contributed by atoms with van der Waals surface area (Å²) >= 11 is 1.50. The number of amides is 1. The Morgan fingerprint density at radius 3 is 2.86 bits per heavy atom. The number of rotatable bonds is 5. The van der Waals surface area contributed by atoms with Crippen molar-refractivity contribution in [2.75, 3.05) is 0 Å². The van der Waals surface area contributed by atoms with Gasteiger partial charge in [-0.15, -0.1) is 11.3 Å². The molecular weight excluding hydrogens is 384 g/mol. The predicted octanol–water partition coefficient (Wildman–Crippen LogP) is 4.44. The van der Waals surface area contributed by atoms with E-state index in [2.05, 4.69) is 22.4 Å². The fraction of sp³-hybridized carbons (Fsp3) is 0.261. The maximum atomic E-state index is 12.5. The summed E-state index contributed by atoms with van der Waals surface area (Å²) in [5.74, 6) is -0.843. The number of fused-ring (bicyclic) bond motifs is 2. The van der Waals surface area contributed by atoms with E-state index in [-0.39, 0.29) is 11.9 Å². The van der Waals surface area contributed by atoms with E-state index in [1.165, 1.54) is 23.0 Å². The van der Waals surface area contributed by atoms with Crippen LogP contribution >= 0.6 is 11.3 Å². The van der Waals surface area contributed by atoms with Gasteiger partial charge >= 0.3 is 5.97 Å². The van der Waals surface area contributed by atoms with Crippen LogP contribution < -0.4 is 5.32 Å². The number of aryl methyl sites for hydroxylation is 1. The molecule has 0 bridgehead atoms. The van der Waals surface area contributed by atoms with E-state index >= 15 is 0 Å². The number of para-hydroxylation sites is 1. The first-order chi connectivity index (χ1) is 14.1. The number of ether oxygens (including phenoxy) is 1. The zero-order valence-electron chi connectivity index (χ0n) is 16.1. The molecule has 0 aliphatic heterocycles. The summed E-state index contributed by atoms with van der Waals surface area (Å²) in [7, 11) is 0. The summed E-state index contributed by atoms with van der Waals surface area (Å²) in [4.78, 5) is 29.1. The lowest BCUT2D eigenvalue weighted by Gasteiger charge is -2.27. The van der Waals surface area contributed by atoms with Gasteiger partial charge in [-0.1, -0.05) is 36.4 Å². The number of hydrogen-bond acceptors (Lipinski definition) is 5. The Kier molecular flexibility index (Phi) is 5.71. The van der Waals surface area contributed by atoms with Gasteiger partial charge in [0.2, 0.25) is 0 Å². The van der Waals surface area contributed by atoms with Gasteiger partial charge in [0.1, 0.15) is 5.01 Å². The number of carbonyl (C=O) groups is 2. The summed E-state index contributed by atoms with van der Waals surface area (Å²) in [6.45, 7) is 1.59. The van der Waals surface area contributed by atoms with Crippen molar-refractivity contribution in [3.63, 3.8) is 0 Å². The molecule has 1 heterocycles.